The van der Waals surface area contributed by atoms with Crippen LogP contribution >= 0.6 is 12.2 Å². The Labute approximate surface area is 120 Å². The number of rotatable bonds is 5. The number of benzene rings is 1. The van der Waals surface area contributed by atoms with Crippen molar-refractivity contribution in [1.82, 2.24) is 20.2 Å². The number of aromatic amines is 1. The van der Waals surface area contributed by atoms with E-state index in [9.17, 15) is 4.79 Å². The predicted molar refractivity (Wildman–Crippen MR) is 72.5 cm³/mol. The molecule has 7 nitrogen and oxygen atoms in total. The van der Waals surface area contributed by atoms with Crippen LogP contribution in [0.4, 0.5) is 4.79 Å². The van der Waals surface area contributed by atoms with Crippen molar-refractivity contribution < 1.29 is 14.3 Å². The smallest absolute Gasteiger partial charge is 0.432 e. The van der Waals surface area contributed by atoms with Gasteiger partial charge in [0.05, 0.1) is 6.54 Å². The molecule has 0 saturated heterocycles. The molecule has 0 saturated carbocycles. The summed E-state index contributed by atoms with van der Waals surface area (Å²) in [7, 11) is 0. The van der Waals surface area contributed by atoms with Gasteiger partial charge in [-0.3, -0.25) is 0 Å². The summed E-state index contributed by atoms with van der Waals surface area (Å²) in [5.41, 5.74) is 2.06. The summed E-state index contributed by atoms with van der Waals surface area (Å²) in [4.78, 5) is 11.4. The molecule has 1 heterocycles. The number of hydrogen-bond donors (Lipinski definition) is 1. The van der Waals surface area contributed by atoms with Crippen LogP contribution in [-0.2, 0) is 22.6 Å². The molecular weight excluding hydrogens is 280 g/mol. The van der Waals surface area contributed by atoms with E-state index in [4.69, 9.17) is 21.7 Å². The van der Waals surface area contributed by atoms with Gasteiger partial charge >= 0.3 is 6.16 Å². The van der Waals surface area contributed by atoms with Gasteiger partial charge < -0.3 is 9.47 Å². The second-order valence-electron chi connectivity index (χ2n) is 4.11. The highest BCUT2D eigenvalue weighted by Crippen LogP contribution is 2.05. The molecule has 1 aromatic carbocycles. The minimum absolute atomic E-state index is 0.130. The minimum Gasteiger partial charge on any atom is -0.432 e. The van der Waals surface area contributed by atoms with Gasteiger partial charge in [-0.25, -0.2) is 9.48 Å². The van der Waals surface area contributed by atoms with Crippen molar-refractivity contribution in [2.24, 2.45) is 0 Å². The first-order chi connectivity index (χ1) is 9.65. The molecule has 0 aliphatic rings. The number of aromatic nitrogens is 4. The third-order valence-corrected chi connectivity index (χ3v) is 2.85. The van der Waals surface area contributed by atoms with Gasteiger partial charge in [0.2, 0.25) is 4.77 Å². The molecule has 0 fully saturated rings. The molecule has 0 radical (unpaired) electrons. The number of ether oxygens (including phenoxy) is 2. The minimum atomic E-state index is -0.718. The molecule has 1 N–H and O–H groups in total. The Morgan fingerprint density at radius 3 is 2.75 bits per heavy atom. The van der Waals surface area contributed by atoms with Crippen LogP contribution in [0.3, 0.4) is 0 Å². The lowest BCUT2D eigenvalue weighted by molar-refractivity contribution is 0.0469. The van der Waals surface area contributed by atoms with Crippen LogP contribution in [0.15, 0.2) is 24.3 Å². The fraction of sp³-hybridized carbons (Fsp3) is 0.333. The Morgan fingerprint density at radius 1 is 1.35 bits per heavy atom. The third-order valence-electron chi connectivity index (χ3n) is 2.54. The van der Waals surface area contributed by atoms with Crippen LogP contribution in [0, 0.1) is 11.7 Å². The third kappa shape index (κ3) is 4.16. The summed E-state index contributed by atoms with van der Waals surface area (Å²) in [5, 5.41) is 9.67. The molecule has 0 atom stereocenters. The molecule has 0 aliphatic heterocycles. The number of carbonyl (C=O) groups is 1. The van der Waals surface area contributed by atoms with Crippen LogP contribution in [0.25, 0.3) is 0 Å². The Balaban J connectivity index is 1.69. The molecule has 0 spiro atoms. The quantitative estimate of drug-likeness (QED) is 0.671. The Hall–Kier alpha value is -2.22. The zero-order chi connectivity index (χ0) is 14.4. The van der Waals surface area contributed by atoms with E-state index in [0.717, 1.165) is 11.1 Å². The van der Waals surface area contributed by atoms with Crippen molar-refractivity contribution in [3.8, 4) is 0 Å². The number of nitrogens with zero attached hydrogens (tertiary/aromatic N) is 3. The summed E-state index contributed by atoms with van der Waals surface area (Å²) < 4.78 is 11.7. The molecule has 106 valence electrons. The number of aryl methyl sites for hydroxylation is 1. The number of tetrazole rings is 1. The zero-order valence-electron chi connectivity index (χ0n) is 10.9. The van der Waals surface area contributed by atoms with Gasteiger partial charge in [-0.05, 0) is 24.7 Å². The average Bonchev–Trinajstić information content (AvgIpc) is 2.84. The maximum Gasteiger partial charge on any atom is 0.508 e. The summed E-state index contributed by atoms with van der Waals surface area (Å²) in [6.45, 7) is 2.66. The van der Waals surface area contributed by atoms with Gasteiger partial charge in [-0.15, -0.1) is 0 Å². The molecule has 0 unspecified atom stereocenters. The first-order valence-corrected chi connectivity index (χ1v) is 6.39. The summed E-state index contributed by atoms with van der Waals surface area (Å²) in [6, 6.07) is 7.71. The largest absolute Gasteiger partial charge is 0.508 e. The van der Waals surface area contributed by atoms with Crippen LogP contribution in [0.1, 0.15) is 11.1 Å². The summed E-state index contributed by atoms with van der Waals surface area (Å²) in [5.74, 6) is 0. The molecular formula is C12H14N4O3S. The van der Waals surface area contributed by atoms with E-state index in [1.165, 1.54) is 4.68 Å². The highest BCUT2D eigenvalue weighted by molar-refractivity contribution is 7.71. The van der Waals surface area contributed by atoms with E-state index in [0.29, 0.717) is 11.3 Å². The van der Waals surface area contributed by atoms with Gasteiger partial charge in [-0.2, -0.15) is 5.21 Å². The normalized spacial score (nSPS) is 10.2. The molecule has 0 amide bonds. The molecule has 2 aromatic rings. The van der Waals surface area contributed by atoms with Gasteiger partial charge in [0.1, 0.15) is 13.2 Å². The van der Waals surface area contributed by atoms with E-state index in [1.54, 1.807) is 0 Å². The topological polar surface area (TPSA) is 82.0 Å². The molecule has 0 bridgehead atoms. The SMILES string of the molecule is Cc1ccc(COC(=O)OCCn2[nH]nnc2=S)cc1. The predicted octanol–water partition coefficient (Wildman–Crippen LogP) is 2.00. The van der Waals surface area contributed by atoms with E-state index in [1.807, 2.05) is 31.2 Å². The maximum absolute atomic E-state index is 11.4. The van der Waals surface area contributed by atoms with E-state index >= 15 is 0 Å². The van der Waals surface area contributed by atoms with Crippen molar-refractivity contribution >= 4 is 18.4 Å². The number of hydrogen-bond acceptors (Lipinski definition) is 6. The molecule has 0 aliphatic carbocycles. The van der Waals surface area contributed by atoms with Crippen molar-refractivity contribution in [2.75, 3.05) is 6.61 Å². The summed E-state index contributed by atoms with van der Waals surface area (Å²) >= 11 is 4.88. The van der Waals surface area contributed by atoms with Crippen molar-refractivity contribution in [1.29, 1.82) is 0 Å². The number of nitrogens with one attached hydrogen (secondary N) is 1. The lowest BCUT2D eigenvalue weighted by atomic mass is 10.2. The van der Waals surface area contributed by atoms with Gasteiger partial charge in [-0.1, -0.05) is 40.1 Å². The lowest BCUT2D eigenvalue weighted by Crippen LogP contribution is -2.13. The molecule has 20 heavy (non-hydrogen) atoms. The fourth-order valence-corrected chi connectivity index (χ4v) is 1.62. The molecule has 1 aromatic heterocycles. The van der Waals surface area contributed by atoms with Crippen molar-refractivity contribution in [2.45, 2.75) is 20.1 Å². The highest BCUT2D eigenvalue weighted by atomic mass is 32.1. The number of H-pyrrole nitrogens is 1. The summed E-state index contributed by atoms with van der Waals surface area (Å²) in [6.07, 6.45) is -0.718. The first-order valence-electron chi connectivity index (χ1n) is 5.98. The molecule has 2 rings (SSSR count). The average molecular weight is 294 g/mol. The highest BCUT2D eigenvalue weighted by Gasteiger charge is 2.05. The van der Waals surface area contributed by atoms with Crippen molar-refractivity contribution in [3.63, 3.8) is 0 Å². The Bertz CT molecular complexity index is 620. The monoisotopic (exact) mass is 294 g/mol. The van der Waals surface area contributed by atoms with Crippen LogP contribution in [-0.4, -0.2) is 33.0 Å². The van der Waals surface area contributed by atoms with E-state index in [2.05, 4.69) is 15.5 Å². The standard InChI is InChI=1S/C12H14N4O3S/c1-9-2-4-10(5-3-9)8-19-12(17)18-7-6-16-11(20)13-14-15-16/h2-5H,6-8H2,1H3,(H,13,15,20). The second-order valence-corrected chi connectivity index (χ2v) is 4.47. The van der Waals surface area contributed by atoms with Crippen LogP contribution < -0.4 is 0 Å². The zero-order valence-corrected chi connectivity index (χ0v) is 11.7. The second kappa shape index (κ2) is 6.80. The Kier molecular flexibility index (Phi) is 4.83. The molecule has 8 heteroatoms. The van der Waals surface area contributed by atoms with Crippen molar-refractivity contribution in [3.05, 3.63) is 40.2 Å². The van der Waals surface area contributed by atoms with Gasteiger partial charge in [0.15, 0.2) is 0 Å². The van der Waals surface area contributed by atoms with Gasteiger partial charge in [0.25, 0.3) is 0 Å². The van der Waals surface area contributed by atoms with Crippen LogP contribution in [0.5, 0.6) is 0 Å². The first kappa shape index (κ1) is 14.2. The maximum atomic E-state index is 11.4. The van der Waals surface area contributed by atoms with E-state index in [-0.39, 0.29) is 13.2 Å². The van der Waals surface area contributed by atoms with Gasteiger partial charge in [0, 0.05) is 0 Å². The number of carbonyl (C=O) groups excluding carboxylic acids is 1. The Morgan fingerprint density at radius 2 is 2.10 bits per heavy atom. The fourth-order valence-electron chi connectivity index (χ4n) is 1.45. The van der Waals surface area contributed by atoms with Crippen LogP contribution in [0.2, 0.25) is 0 Å². The van der Waals surface area contributed by atoms with E-state index < -0.39 is 6.16 Å². The lowest BCUT2D eigenvalue weighted by Gasteiger charge is -2.06.